The number of carbonyl (C=O) groups excluding carboxylic acids is 2. The molecule has 1 aliphatic rings. The summed E-state index contributed by atoms with van der Waals surface area (Å²) in [6.45, 7) is 5.26. The van der Waals surface area contributed by atoms with Gasteiger partial charge in [0.1, 0.15) is 9.90 Å². The van der Waals surface area contributed by atoms with Crippen molar-refractivity contribution in [3.05, 3.63) is 74.1 Å². The molecule has 8 nitrogen and oxygen atoms in total. The van der Waals surface area contributed by atoms with E-state index in [1.54, 1.807) is 12.1 Å². The molecule has 0 radical (unpaired) electrons. The predicted octanol–water partition coefficient (Wildman–Crippen LogP) is 4.85. The van der Waals surface area contributed by atoms with Crippen LogP contribution in [0.5, 0.6) is 0 Å². The average Bonchev–Trinajstić information content (AvgIpc) is 3.17. The van der Waals surface area contributed by atoms with E-state index in [0.717, 1.165) is 28.1 Å². The predicted molar refractivity (Wildman–Crippen MR) is 142 cm³/mol. The number of aryl methyl sites for hydroxylation is 2. The highest BCUT2D eigenvalue weighted by atomic mass is 35.5. The third kappa shape index (κ3) is 5.27. The molecule has 1 amide bonds. The van der Waals surface area contributed by atoms with Crippen molar-refractivity contribution in [1.29, 1.82) is 0 Å². The van der Waals surface area contributed by atoms with E-state index in [1.807, 2.05) is 27.0 Å². The lowest BCUT2D eigenvalue weighted by molar-refractivity contribution is 0.0600. The number of hydrogen-bond acceptors (Lipinski definition) is 7. The summed E-state index contributed by atoms with van der Waals surface area (Å²) in [5.74, 6) is -1.09. The Morgan fingerprint density at radius 1 is 1.11 bits per heavy atom. The standard InChI is InChI=1S/C25H26ClN3O5S2/c1-14-5-7-17(11-15(14)2)28-36(32,33)21-12-16(6-8-19(21)26)23(30)27-24-22(25(31)34-4)18-9-10-29(3)13-20(18)35-24/h5-8,11-12,28H,9-10,13H2,1-4H3,(H,27,30). The Morgan fingerprint density at radius 3 is 2.56 bits per heavy atom. The van der Waals surface area contributed by atoms with Gasteiger partial charge in [-0.1, -0.05) is 17.7 Å². The van der Waals surface area contributed by atoms with E-state index in [1.165, 1.54) is 36.6 Å². The van der Waals surface area contributed by atoms with Crippen LogP contribution in [0.3, 0.4) is 0 Å². The summed E-state index contributed by atoms with van der Waals surface area (Å²) in [5, 5.41) is 3.13. The van der Waals surface area contributed by atoms with Crippen molar-refractivity contribution in [2.75, 3.05) is 30.7 Å². The van der Waals surface area contributed by atoms with Gasteiger partial charge >= 0.3 is 5.97 Å². The number of sulfonamides is 1. The van der Waals surface area contributed by atoms with Crippen LogP contribution in [0.2, 0.25) is 5.02 Å². The van der Waals surface area contributed by atoms with E-state index >= 15 is 0 Å². The van der Waals surface area contributed by atoms with Crippen molar-refractivity contribution in [3.63, 3.8) is 0 Å². The van der Waals surface area contributed by atoms with Gasteiger partial charge in [0.25, 0.3) is 15.9 Å². The maximum Gasteiger partial charge on any atom is 0.341 e. The van der Waals surface area contributed by atoms with E-state index in [9.17, 15) is 18.0 Å². The molecule has 2 heterocycles. The summed E-state index contributed by atoms with van der Waals surface area (Å²) >= 11 is 7.54. The number of nitrogens with zero attached hydrogens (tertiary/aromatic N) is 1. The molecule has 3 aromatic rings. The van der Waals surface area contributed by atoms with Gasteiger partial charge in [-0.05, 0) is 74.3 Å². The van der Waals surface area contributed by atoms with Crippen molar-refractivity contribution >= 4 is 55.5 Å². The highest BCUT2D eigenvalue weighted by Gasteiger charge is 2.29. The Labute approximate surface area is 219 Å². The molecule has 0 unspecified atom stereocenters. The van der Waals surface area contributed by atoms with Crippen molar-refractivity contribution in [2.24, 2.45) is 0 Å². The monoisotopic (exact) mass is 547 g/mol. The fourth-order valence-electron chi connectivity index (χ4n) is 3.98. The first-order chi connectivity index (χ1) is 17.0. The second-order valence-electron chi connectivity index (χ2n) is 8.69. The van der Waals surface area contributed by atoms with Gasteiger partial charge in [0.15, 0.2) is 0 Å². The van der Waals surface area contributed by atoms with Gasteiger partial charge in [-0.3, -0.25) is 9.52 Å². The first-order valence-electron chi connectivity index (χ1n) is 11.1. The minimum atomic E-state index is -4.08. The van der Waals surface area contributed by atoms with E-state index in [2.05, 4.69) is 14.9 Å². The molecular formula is C25H26ClN3O5S2. The Balaban J connectivity index is 1.64. The number of hydrogen-bond donors (Lipinski definition) is 2. The minimum absolute atomic E-state index is 0.0206. The average molecular weight is 548 g/mol. The molecule has 0 saturated heterocycles. The quantitative estimate of drug-likeness (QED) is 0.428. The largest absolute Gasteiger partial charge is 0.465 e. The van der Waals surface area contributed by atoms with Gasteiger partial charge in [-0.2, -0.15) is 0 Å². The number of methoxy groups -OCH3 is 1. The lowest BCUT2D eigenvalue weighted by atomic mass is 10.0. The summed E-state index contributed by atoms with van der Waals surface area (Å²) in [6.07, 6.45) is 0.663. The molecule has 2 aromatic carbocycles. The SMILES string of the molecule is COC(=O)c1c(NC(=O)c2ccc(Cl)c(S(=O)(=O)Nc3ccc(C)c(C)c3)c2)sc2c1CCN(C)C2. The topological polar surface area (TPSA) is 105 Å². The lowest BCUT2D eigenvalue weighted by Crippen LogP contribution is -2.26. The number of likely N-dealkylation sites (N-methyl/N-ethyl adjacent to an activating group) is 1. The summed E-state index contributed by atoms with van der Waals surface area (Å²) in [7, 11) is -0.791. The number of anilines is 2. The number of amides is 1. The van der Waals surface area contributed by atoms with Crippen molar-refractivity contribution in [2.45, 2.75) is 31.7 Å². The maximum atomic E-state index is 13.2. The number of nitrogens with one attached hydrogen (secondary N) is 2. The molecule has 1 aliphatic heterocycles. The number of fused-ring (bicyclic) bond motifs is 1. The minimum Gasteiger partial charge on any atom is -0.465 e. The number of ether oxygens (including phenoxy) is 1. The molecule has 0 saturated carbocycles. The van der Waals surface area contributed by atoms with E-state index < -0.39 is 21.9 Å². The van der Waals surface area contributed by atoms with Gasteiger partial charge in [0.05, 0.1) is 17.7 Å². The molecule has 1 aromatic heterocycles. The van der Waals surface area contributed by atoms with E-state index in [4.69, 9.17) is 16.3 Å². The number of thiophene rings is 1. The zero-order chi connectivity index (χ0) is 26.2. The van der Waals surface area contributed by atoms with Crippen molar-refractivity contribution < 1.29 is 22.7 Å². The molecule has 4 rings (SSSR count). The fraction of sp³-hybridized carbons (Fsp3) is 0.280. The molecule has 0 bridgehead atoms. The molecule has 0 aliphatic carbocycles. The molecule has 36 heavy (non-hydrogen) atoms. The van der Waals surface area contributed by atoms with E-state index in [-0.39, 0.29) is 15.5 Å². The van der Waals surface area contributed by atoms with Gasteiger partial charge in [0.2, 0.25) is 0 Å². The molecule has 0 fully saturated rings. The summed E-state index contributed by atoms with van der Waals surface area (Å²) in [6, 6.07) is 9.22. The Kier molecular flexibility index (Phi) is 7.42. The second-order valence-corrected chi connectivity index (χ2v) is 11.9. The fourth-order valence-corrected chi connectivity index (χ4v) is 6.87. The van der Waals surface area contributed by atoms with Crippen molar-refractivity contribution in [1.82, 2.24) is 4.90 Å². The molecular weight excluding hydrogens is 522 g/mol. The first kappa shape index (κ1) is 26.2. The Morgan fingerprint density at radius 2 is 1.86 bits per heavy atom. The Hall–Kier alpha value is -2.92. The zero-order valence-electron chi connectivity index (χ0n) is 20.3. The van der Waals surface area contributed by atoms with Crippen LogP contribution in [0.1, 0.15) is 42.3 Å². The molecule has 0 spiro atoms. The number of benzene rings is 2. The van der Waals surface area contributed by atoms with Crippen LogP contribution >= 0.6 is 22.9 Å². The number of rotatable bonds is 6. The summed E-state index contributed by atoms with van der Waals surface area (Å²) in [5.41, 5.74) is 3.65. The third-order valence-electron chi connectivity index (χ3n) is 6.11. The summed E-state index contributed by atoms with van der Waals surface area (Å²) < 4.78 is 33.7. The lowest BCUT2D eigenvalue weighted by Gasteiger charge is -2.22. The van der Waals surface area contributed by atoms with Crippen LogP contribution < -0.4 is 10.0 Å². The molecule has 11 heteroatoms. The third-order valence-corrected chi connectivity index (χ3v) is 9.10. The maximum absolute atomic E-state index is 13.2. The van der Waals surface area contributed by atoms with Crippen LogP contribution in [0, 0.1) is 13.8 Å². The molecule has 0 atom stereocenters. The van der Waals surface area contributed by atoms with Gasteiger partial charge < -0.3 is 15.0 Å². The van der Waals surface area contributed by atoms with Crippen molar-refractivity contribution in [3.8, 4) is 0 Å². The second kappa shape index (κ2) is 10.2. The van der Waals surface area contributed by atoms with Gasteiger partial charge in [-0.15, -0.1) is 11.3 Å². The number of esters is 1. The number of carbonyl (C=O) groups is 2. The van der Waals surface area contributed by atoms with Gasteiger partial charge in [-0.25, -0.2) is 13.2 Å². The summed E-state index contributed by atoms with van der Waals surface area (Å²) in [4.78, 5) is 28.6. The number of halogens is 1. The Bertz CT molecular complexity index is 1470. The molecule has 190 valence electrons. The zero-order valence-corrected chi connectivity index (χ0v) is 22.7. The highest BCUT2D eigenvalue weighted by Crippen LogP contribution is 2.37. The van der Waals surface area contributed by atoms with Crippen LogP contribution in [0.15, 0.2) is 41.3 Å². The normalized spacial score (nSPS) is 13.7. The van der Waals surface area contributed by atoms with Crippen LogP contribution in [0.25, 0.3) is 0 Å². The highest BCUT2D eigenvalue weighted by molar-refractivity contribution is 7.92. The molecule has 2 N–H and O–H groups in total. The smallest absolute Gasteiger partial charge is 0.341 e. The van der Waals surface area contributed by atoms with Crippen LogP contribution in [-0.2, 0) is 27.7 Å². The first-order valence-corrected chi connectivity index (χ1v) is 13.8. The van der Waals surface area contributed by atoms with E-state index in [0.29, 0.717) is 29.2 Å². The van der Waals surface area contributed by atoms with Crippen LogP contribution in [0.4, 0.5) is 10.7 Å². The van der Waals surface area contributed by atoms with Crippen LogP contribution in [-0.4, -0.2) is 45.9 Å². The van der Waals surface area contributed by atoms with Gasteiger partial charge in [0, 0.05) is 29.2 Å².